The van der Waals surface area contributed by atoms with Crippen molar-refractivity contribution in [2.45, 2.75) is 39.2 Å². The fourth-order valence-electron chi connectivity index (χ4n) is 1.66. The lowest BCUT2D eigenvalue weighted by molar-refractivity contribution is -0.134. The molecule has 1 aliphatic rings. The largest absolute Gasteiger partial charge is 0.393 e. The first-order valence-electron chi connectivity index (χ1n) is 5.05. The summed E-state index contributed by atoms with van der Waals surface area (Å²) in [4.78, 5) is 13.3. The second-order valence-corrected chi connectivity index (χ2v) is 4.12. The maximum Gasteiger partial charge on any atom is 0.222 e. The highest BCUT2D eigenvalue weighted by atomic mass is 16.3. The average molecular weight is 185 g/mol. The summed E-state index contributed by atoms with van der Waals surface area (Å²) in [6, 6.07) is 0. The van der Waals surface area contributed by atoms with Crippen LogP contribution in [-0.4, -0.2) is 35.1 Å². The Morgan fingerprint density at radius 3 is 3.00 bits per heavy atom. The average Bonchev–Trinajstić information content (AvgIpc) is 2.06. The number of likely N-dealkylation sites (tertiary alicyclic amines) is 1. The van der Waals surface area contributed by atoms with Crippen molar-refractivity contribution < 1.29 is 9.90 Å². The molecule has 1 N–H and O–H groups in total. The van der Waals surface area contributed by atoms with E-state index in [4.69, 9.17) is 5.11 Å². The van der Waals surface area contributed by atoms with Crippen LogP contribution in [-0.2, 0) is 4.79 Å². The molecule has 0 saturated carbocycles. The molecule has 3 nitrogen and oxygen atoms in total. The van der Waals surface area contributed by atoms with Crippen LogP contribution in [0.3, 0.4) is 0 Å². The maximum absolute atomic E-state index is 11.4. The topological polar surface area (TPSA) is 40.5 Å². The molecule has 0 spiro atoms. The normalized spacial score (nSPS) is 26.2. The third kappa shape index (κ3) is 3.35. The summed E-state index contributed by atoms with van der Waals surface area (Å²) in [5, 5.41) is 9.10. The number of carbonyl (C=O) groups excluding carboxylic acids is 1. The summed E-state index contributed by atoms with van der Waals surface area (Å²) < 4.78 is 0. The van der Waals surface area contributed by atoms with Crippen molar-refractivity contribution >= 4 is 5.91 Å². The van der Waals surface area contributed by atoms with Crippen LogP contribution >= 0.6 is 0 Å². The number of aliphatic hydroxyl groups is 1. The van der Waals surface area contributed by atoms with Gasteiger partial charge >= 0.3 is 0 Å². The molecule has 1 fully saturated rings. The van der Waals surface area contributed by atoms with Crippen molar-refractivity contribution in [2.75, 3.05) is 13.1 Å². The molecule has 76 valence electrons. The third-order valence-electron chi connectivity index (χ3n) is 2.55. The number of amides is 1. The van der Waals surface area contributed by atoms with Gasteiger partial charge in [0.15, 0.2) is 0 Å². The number of carbonyl (C=O) groups is 1. The first-order chi connectivity index (χ1) is 6.09. The van der Waals surface area contributed by atoms with Crippen LogP contribution in [0.5, 0.6) is 0 Å². The molecule has 0 aromatic carbocycles. The Bertz CT molecular complexity index is 180. The first-order valence-corrected chi connectivity index (χ1v) is 5.05. The minimum Gasteiger partial charge on any atom is -0.393 e. The molecule has 1 saturated heterocycles. The van der Waals surface area contributed by atoms with E-state index < -0.39 is 0 Å². The molecule has 13 heavy (non-hydrogen) atoms. The number of rotatable bonds is 3. The van der Waals surface area contributed by atoms with Crippen LogP contribution < -0.4 is 0 Å². The molecule has 0 radical (unpaired) electrons. The van der Waals surface area contributed by atoms with Crippen molar-refractivity contribution in [1.29, 1.82) is 0 Å². The van der Waals surface area contributed by atoms with E-state index in [1.165, 1.54) is 0 Å². The summed E-state index contributed by atoms with van der Waals surface area (Å²) in [7, 11) is 0. The van der Waals surface area contributed by atoms with Gasteiger partial charge < -0.3 is 10.0 Å². The Kier molecular flexibility index (Phi) is 3.72. The standard InChI is InChI=1S/C10H19NO2/c1-8-3-4-10(13)11(7-8)6-5-9(2)12/h8-9,12H,3-7H2,1-2H3. The van der Waals surface area contributed by atoms with E-state index in [9.17, 15) is 4.79 Å². The number of aliphatic hydroxyl groups excluding tert-OH is 1. The van der Waals surface area contributed by atoms with Crippen LogP contribution in [0.4, 0.5) is 0 Å². The molecule has 0 bridgehead atoms. The maximum atomic E-state index is 11.4. The summed E-state index contributed by atoms with van der Waals surface area (Å²) in [5.74, 6) is 0.866. The Balaban J connectivity index is 2.33. The lowest BCUT2D eigenvalue weighted by atomic mass is 9.99. The minimum atomic E-state index is -0.301. The third-order valence-corrected chi connectivity index (χ3v) is 2.55. The molecule has 1 rings (SSSR count). The van der Waals surface area contributed by atoms with E-state index in [2.05, 4.69) is 6.92 Å². The summed E-state index contributed by atoms with van der Waals surface area (Å²) in [6.45, 7) is 5.51. The summed E-state index contributed by atoms with van der Waals surface area (Å²) in [6.07, 6.45) is 2.09. The van der Waals surface area contributed by atoms with E-state index in [1.807, 2.05) is 4.90 Å². The fraction of sp³-hybridized carbons (Fsp3) is 0.900. The zero-order chi connectivity index (χ0) is 9.84. The minimum absolute atomic E-state index is 0.249. The monoisotopic (exact) mass is 185 g/mol. The highest BCUT2D eigenvalue weighted by Crippen LogP contribution is 2.16. The van der Waals surface area contributed by atoms with E-state index >= 15 is 0 Å². The van der Waals surface area contributed by atoms with Crippen LogP contribution in [0.1, 0.15) is 33.1 Å². The highest BCUT2D eigenvalue weighted by Gasteiger charge is 2.22. The van der Waals surface area contributed by atoms with Gasteiger partial charge in [-0.15, -0.1) is 0 Å². The molecular formula is C10H19NO2. The molecule has 3 heteroatoms. The Hall–Kier alpha value is -0.570. The van der Waals surface area contributed by atoms with Crippen LogP contribution in [0.25, 0.3) is 0 Å². The zero-order valence-corrected chi connectivity index (χ0v) is 8.49. The van der Waals surface area contributed by atoms with Gasteiger partial charge in [-0.2, -0.15) is 0 Å². The smallest absolute Gasteiger partial charge is 0.222 e. The fourth-order valence-corrected chi connectivity index (χ4v) is 1.66. The summed E-state index contributed by atoms with van der Waals surface area (Å²) in [5.41, 5.74) is 0. The molecule has 1 heterocycles. The van der Waals surface area contributed by atoms with Gasteiger partial charge in [0.05, 0.1) is 6.10 Å². The molecule has 1 amide bonds. The van der Waals surface area contributed by atoms with Crippen LogP contribution in [0, 0.1) is 5.92 Å². The van der Waals surface area contributed by atoms with Gasteiger partial charge in [-0.25, -0.2) is 0 Å². The van der Waals surface area contributed by atoms with E-state index in [0.29, 0.717) is 25.3 Å². The molecule has 2 unspecified atom stereocenters. The number of piperidine rings is 1. The van der Waals surface area contributed by atoms with E-state index in [-0.39, 0.29) is 12.0 Å². The molecule has 0 aliphatic carbocycles. The van der Waals surface area contributed by atoms with Gasteiger partial charge in [0.25, 0.3) is 0 Å². The highest BCUT2D eigenvalue weighted by molar-refractivity contribution is 5.76. The van der Waals surface area contributed by atoms with Crippen molar-refractivity contribution in [1.82, 2.24) is 4.90 Å². The predicted octanol–water partition coefficient (Wildman–Crippen LogP) is 1.02. The molecule has 1 aliphatic heterocycles. The first kappa shape index (κ1) is 10.5. The van der Waals surface area contributed by atoms with Gasteiger partial charge in [0.1, 0.15) is 0 Å². The van der Waals surface area contributed by atoms with Gasteiger partial charge in [-0.3, -0.25) is 4.79 Å². The van der Waals surface area contributed by atoms with Crippen LogP contribution in [0.15, 0.2) is 0 Å². The summed E-state index contributed by atoms with van der Waals surface area (Å²) >= 11 is 0. The van der Waals surface area contributed by atoms with Crippen molar-refractivity contribution in [3.63, 3.8) is 0 Å². The Morgan fingerprint density at radius 2 is 2.38 bits per heavy atom. The Morgan fingerprint density at radius 1 is 1.69 bits per heavy atom. The second kappa shape index (κ2) is 4.61. The van der Waals surface area contributed by atoms with Crippen LogP contribution in [0.2, 0.25) is 0 Å². The SMILES string of the molecule is CC(O)CCN1CC(C)CCC1=O. The van der Waals surface area contributed by atoms with Gasteiger partial charge in [0.2, 0.25) is 5.91 Å². The van der Waals surface area contributed by atoms with Gasteiger partial charge in [0, 0.05) is 19.5 Å². The Labute approximate surface area is 79.7 Å². The quantitative estimate of drug-likeness (QED) is 0.713. The molecule has 2 atom stereocenters. The van der Waals surface area contributed by atoms with E-state index in [1.54, 1.807) is 6.92 Å². The number of nitrogens with zero attached hydrogens (tertiary/aromatic N) is 1. The van der Waals surface area contributed by atoms with Crippen molar-refractivity contribution in [3.05, 3.63) is 0 Å². The lowest BCUT2D eigenvalue weighted by Gasteiger charge is -2.31. The molecular weight excluding hydrogens is 166 g/mol. The van der Waals surface area contributed by atoms with Gasteiger partial charge in [-0.1, -0.05) is 6.92 Å². The van der Waals surface area contributed by atoms with Crippen molar-refractivity contribution in [3.8, 4) is 0 Å². The molecule has 0 aromatic heterocycles. The van der Waals surface area contributed by atoms with Crippen molar-refractivity contribution in [2.24, 2.45) is 5.92 Å². The van der Waals surface area contributed by atoms with E-state index in [0.717, 1.165) is 13.0 Å². The lowest BCUT2D eigenvalue weighted by Crippen LogP contribution is -2.40. The molecule has 0 aromatic rings. The number of hydrogen-bond donors (Lipinski definition) is 1. The predicted molar refractivity (Wildman–Crippen MR) is 51.3 cm³/mol. The zero-order valence-electron chi connectivity index (χ0n) is 8.49. The second-order valence-electron chi connectivity index (χ2n) is 4.12. The number of hydrogen-bond acceptors (Lipinski definition) is 2. The van der Waals surface area contributed by atoms with Gasteiger partial charge in [-0.05, 0) is 25.7 Å².